The molecule has 0 atom stereocenters. The van der Waals surface area contributed by atoms with Crippen molar-refractivity contribution in [1.29, 1.82) is 0 Å². The van der Waals surface area contributed by atoms with Gasteiger partial charge in [-0.15, -0.1) is 11.8 Å². The summed E-state index contributed by atoms with van der Waals surface area (Å²) in [7, 11) is 0. The van der Waals surface area contributed by atoms with E-state index in [0.29, 0.717) is 5.69 Å². The molecule has 0 bridgehead atoms. The Kier molecular flexibility index (Phi) is 3.25. The fraction of sp³-hybridized carbons (Fsp3) is 0.231. The van der Waals surface area contributed by atoms with Crippen LogP contribution in [0.3, 0.4) is 0 Å². The summed E-state index contributed by atoms with van der Waals surface area (Å²) in [6, 6.07) is 8.04. The number of Topliss-reactive ketones (excluding diaryl/α,β-unsaturated/α-hetero) is 1. The van der Waals surface area contributed by atoms with Gasteiger partial charge in [0.1, 0.15) is 5.69 Å². The maximum Gasteiger partial charge on any atom is 0.179 e. The normalized spacial score (nSPS) is 10.6. The molecule has 82 valence electrons. The summed E-state index contributed by atoms with van der Waals surface area (Å²) >= 11 is 1.68. The molecule has 2 aromatic rings. The lowest BCUT2D eigenvalue weighted by atomic mass is 10.1. The van der Waals surface area contributed by atoms with Gasteiger partial charge in [-0.2, -0.15) is 0 Å². The first-order chi connectivity index (χ1) is 7.74. The van der Waals surface area contributed by atoms with Gasteiger partial charge in [-0.1, -0.05) is 31.2 Å². The van der Waals surface area contributed by atoms with Crippen molar-refractivity contribution in [2.75, 3.05) is 5.75 Å². The van der Waals surface area contributed by atoms with E-state index in [-0.39, 0.29) is 5.78 Å². The van der Waals surface area contributed by atoms with E-state index >= 15 is 0 Å². The van der Waals surface area contributed by atoms with E-state index in [1.165, 1.54) is 0 Å². The summed E-state index contributed by atoms with van der Waals surface area (Å²) in [6.07, 6.45) is 1.77. The molecule has 0 spiro atoms. The molecule has 1 aromatic heterocycles. The van der Waals surface area contributed by atoms with E-state index < -0.39 is 0 Å². The van der Waals surface area contributed by atoms with Crippen LogP contribution in [0.2, 0.25) is 0 Å². The van der Waals surface area contributed by atoms with E-state index in [0.717, 1.165) is 21.4 Å². The molecule has 0 saturated heterocycles. The molecule has 0 unspecified atom stereocenters. The lowest BCUT2D eigenvalue weighted by Crippen LogP contribution is -2.00. The van der Waals surface area contributed by atoms with Crippen molar-refractivity contribution in [2.24, 2.45) is 0 Å². The van der Waals surface area contributed by atoms with Crippen molar-refractivity contribution in [3.8, 4) is 0 Å². The van der Waals surface area contributed by atoms with Crippen LogP contribution in [-0.4, -0.2) is 16.5 Å². The summed E-state index contributed by atoms with van der Waals surface area (Å²) in [5.74, 6) is 0.970. The van der Waals surface area contributed by atoms with Crippen LogP contribution in [0.25, 0.3) is 10.8 Å². The van der Waals surface area contributed by atoms with Gasteiger partial charge in [-0.05, 0) is 11.1 Å². The van der Waals surface area contributed by atoms with E-state index in [1.54, 1.807) is 24.9 Å². The van der Waals surface area contributed by atoms with Crippen LogP contribution in [0.5, 0.6) is 0 Å². The summed E-state index contributed by atoms with van der Waals surface area (Å²) in [4.78, 5) is 16.8. The number of carbonyl (C=O) groups excluding carboxylic acids is 1. The van der Waals surface area contributed by atoms with Crippen molar-refractivity contribution in [1.82, 2.24) is 4.98 Å². The van der Waals surface area contributed by atoms with Crippen LogP contribution in [0, 0.1) is 0 Å². The van der Waals surface area contributed by atoms with Crippen molar-refractivity contribution in [3.05, 3.63) is 36.2 Å². The second-order valence-corrected chi connectivity index (χ2v) is 4.79. The molecule has 2 nitrogen and oxygen atoms in total. The van der Waals surface area contributed by atoms with Crippen molar-refractivity contribution < 1.29 is 4.79 Å². The Hall–Kier alpha value is -1.35. The fourth-order valence-corrected chi connectivity index (χ4v) is 2.64. The Balaban J connectivity index is 2.73. The summed E-state index contributed by atoms with van der Waals surface area (Å²) < 4.78 is 0. The summed E-state index contributed by atoms with van der Waals surface area (Å²) in [5.41, 5.74) is 0.588. The Labute approximate surface area is 99.1 Å². The SMILES string of the molecule is CCSc1c(C(C)=O)ncc2ccccc12. The van der Waals surface area contributed by atoms with Crippen LogP contribution in [0.15, 0.2) is 35.4 Å². The van der Waals surface area contributed by atoms with Gasteiger partial charge in [0.05, 0.1) is 0 Å². The van der Waals surface area contributed by atoms with Crippen molar-refractivity contribution in [2.45, 2.75) is 18.7 Å². The molecule has 1 heterocycles. The van der Waals surface area contributed by atoms with Gasteiger partial charge in [-0.25, -0.2) is 0 Å². The molecular weight excluding hydrogens is 218 g/mol. The molecule has 0 aliphatic carbocycles. The Morgan fingerprint density at radius 3 is 2.81 bits per heavy atom. The summed E-state index contributed by atoms with van der Waals surface area (Å²) in [5, 5.41) is 2.21. The van der Waals surface area contributed by atoms with Crippen LogP contribution >= 0.6 is 11.8 Å². The minimum absolute atomic E-state index is 0.0294. The predicted octanol–water partition coefficient (Wildman–Crippen LogP) is 3.55. The van der Waals surface area contributed by atoms with Gasteiger partial charge in [0, 0.05) is 23.4 Å². The number of aromatic nitrogens is 1. The number of nitrogens with zero attached hydrogens (tertiary/aromatic N) is 1. The van der Waals surface area contributed by atoms with E-state index in [9.17, 15) is 4.79 Å². The third-order valence-electron chi connectivity index (χ3n) is 2.38. The third kappa shape index (κ3) is 1.95. The van der Waals surface area contributed by atoms with E-state index in [4.69, 9.17) is 0 Å². The Morgan fingerprint density at radius 2 is 2.12 bits per heavy atom. The second-order valence-electron chi connectivity index (χ2n) is 3.51. The number of hydrogen-bond acceptors (Lipinski definition) is 3. The zero-order valence-corrected chi connectivity index (χ0v) is 10.2. The molecule has 0 fully saturated rings. The molecule has 16 heavy (non-hydrogen) atoms. The van der Waals surface area contributed by atoms with Gasteiger partial charge in [0.2, 0.25) is 0 Å². The second kappa shape index (κ2) is 4.66. The maximum absolute atomic E-state index is 11.5. The lowest BCUT2D eigenvalue weighted by Gasteiger charge is -2.08. The number of rotatable bonds is 3. The summed E-state index contributed by atoms with van der Waals surface area (Å²) in [6.45, 7) is 3.65. The van der Waals surface area contributed by atoms with Crippen LogP contribution in [-0.2, 0) is 0 Å². The number of benzene rings is 1. The van der Waals surface area contributed by atoms with Gasteiger partial charge in [0.25, 0.3) is 0 Å². The molecule has 0 amide bonds. The highest BCUT2D eigenvalue weighted by Gasteiger charge is 2.12. The number of carbonyl (C=O) groups is 1. The topological polar surface area (TPSA) is 30.0 Å². The Morgan fingerprint density at radius 1 is 1.38 bits per heavy atom. The molecular formula is C13H13NOS. The standard InChI is InChI=1S/C13H13NOS/c1-3-16-13-11-7-5-4-6-10(11)8-14-12(13)9(2)15/h4-8H,3H2,1-2H3. The highest BCUT2D eigenvalue weighted by atomic mass is 32.2. The largest absolute Gasteiger partial charge is 0.293 e. The first-order valence-electron chi connectivity index (χ1n) is 5.25. The highest BCUT2D eigenvalue weighted by Crippen LogP contribution is 2.30. The number of fused-ring (bicyclic) bond motifs is 1. The highest BCUT2D eigenvalue weighted by molar-refractivity contribution is 7.99. The smallest absolute Gasteiger partial charge is 0.179 e. The molecule has 2 rings (SSSR count). The van der Waals surface area contributed by atoms with E-state index in [1.807, 2.05) is 24.3 Å². The molecule has 1 aromatic carbocycles. The van der Waals surface area contributed by atoms with Gasteiger partial charge < -0.3 is 0 Å². The molecule has 0 aliphatic heterocycles. The van der Waals surface area contributed by atoms with Crippen molar-refractivity contribution >= 4 is 28.3 Å². The number of ketones is 1. The Bertz CT molecular complexity index is 536. The van der Waals surface area contributed by atoms with E-state index in [2.05, 4.69) is 11.9 Å². The van der Waals surface area contributed by atoms with Gasteiger partial charge >= 0.3 is 0 Å². The van der Waals surface area contributed by atoms with Crippen molar-refractivity contribution in [3.63, 3.8) is 0 Å². The molecule has 3 heteroatoms. The number of hydrogen-bond donors (Lipinski definition) is 0. The monoisotopic (exact) mass is 231 g/mol. The lowest BCUT2D eigenvalue weighted by molar-refractivity contribution is 0.101. The maximum atomic E-state index is 11.5. The quantitative estimate of drug-likeness (QED) is 0.597. The van der Waals surface area contributed by atoms with Crippen LogP contribution in [0.4, 0.5) is 0 Å². The molecule has 0 saturated carbocycles. The average molecular weight is 231 g/mol. The van der Waals surface area contributed by atoms with Crippen LogP contribution in [0.1, 0.15) is 24.3 Å². The zero-order chi connectivity index (χ0) is 11.5. The number of pyridine rings is 1. The first kappa shape index (κ1) is 11.1. The predicted molar refractivity (Wildman–Crippen MR) is 68.1 cm³/mol. The molecule has 0 N–H and O–H groups in total. The fourth-order valence-electron chi connectivity index (χ4n) is 1.68. The minimum Gasteiger partial charge on any atom is -0.293 e. The first-order valence-corrected chi connectivity index (χ1v) is 6.24. The average Bonchev–Trinajstić information content (AvgIpc) is 2.29. The molecule has 0 radical (unpaired) electrons. The van der Waals surface area contributed by atoms with Crippen LogP contribution < -0.4 is 0 Å². The minimum atomic E-state index is 0.0294. The number of thioether (sulfide) groups is 1. The molecule has 0 aliphatic rings. The van der Waals surface area contributed by atoms with Gasteiger partial charge in [0.15, 0.2) is 5.78 Å². The third-order valence-corrected chi connectivity index (χ3v) is 3.37. The van der Waals surface area contributed by atoms with Gasteiger partial charge in [-0.3, -0.25) is 9.78 Å². The zero-order valence-electron chi connectivity index (χ0n) is 9.36.